The lowest BCUT2D eigenvalue weighted by atomic mass is 10.3. The number of nitrogens with two attached hydrogens (primary N) is 2. The average Bonchev–Trinajstić information content (AvgIpc) is 2.30. The zero-order chi connectivity index (χ0) is 9.30. The molecule has 12 heavy (non-hydrogen) atoms. The van der Waals surface area contributed by atoms with Crippen molar-refractivity contribution in [3.8, 4) is 0 Å². The minimum absolute atomic E-state index is 0.0735. The van der Waals surface area contributed by atoms with E-state index in [4.69, 9.17) is 11.5 Å². The maximum atomic E-state index is 10.9. The van der Waals surface area contributed by atoms with E-state index in [1.54, 1.807) is 7.05 Å². The Labute approximate surface area is 74.4 Å². The Morgan fingerprint density at radius 3 is 2.58 bits per heavy atom. The second-order valence-electron chi connectivity index (χ2n) is 2.28. The summed E-state index contributed by atoms with van der Waals surface area (Å²) in [5, 5.41) is 0. The van der Waals surface area contributed by atoms with Gasteiger partial charge in [0.05, 0.1) is 6.33 Å². The molecule has 5 nitrogen and oxygen atoms in total. The van der Waals surface area contributed by atoms with E-state index in [9.17, 15) is 4.79 Å². The Bertz CT molecular complexity index is 343. The van der Waals surface area contributed by atoms with Gasteiger partial charge >= 0.3 is 0 Å². The second-order valence-corrected chi connectivity index (χ2v) is 2.72. The molecule has 4 N–H and O–H groups in total. The van der Waals surface area contributed by atoms with Gasteiger partial charge in [-0.05, 0) is 0 Å². The monoisotopic (exact) mass is 184 g/mol. The third-order valence-electron chi connectivity index (χ3n) is 1.40. The minimum atomic E-state index is -0.585. The second kappa shape index (κ2) is 2.90. The van der Waals surface area contributed by atoms with E-state index in [1.165, 1.54) is 10.9 Å². The van der Waals surface area contributed by atoms with Gasteiger partial charge in [-0.15, -0.1) is 0 Å². The van der Waals surface area contributed by atoms with E-state index >= 15 is 0 Å². The number of aryl methyl sites for hydroxylation is 1. The highest BCUT2D eigenvalue weighted by atomic mass is 32.1. The Morgan fingerprint density at radius 1 is 1.67 bits per heavy atom. The van der Waals surface area contributed by atoms with Crippen molar-refractivity contribution in [1.29, 1.82) is 0 Å². The van der Waals surface area contributed by atoms with Gasteiger partial charge in [-0.2, -0.15) is 0 Å². The van der Waals surface area contributed by atoms with E-state index in [-0.39, 0.29) is 16.4 Å². The van der Waals surface area contributed by atoms with E-state index in [2.05, 4.69) is 17.2 Å². The number of rotatable bonds is 2. The zero-order valence-electron chi connectivity index (χ0n) is 6.44. The molecule has 0 aromatic carbocycles. The number of carbonyl (C=O) groups excluding carboxylic acids is 1. The minimum Gasteiger partial charge on any atom is -0.388 e. The van der Waals surface area contributed by atoms with Crippen LogP contribution in [0.5, 0.6) is 0 Å². The molecule has 0 unspecified atom stereocenters. The number of hydrogen-bond acceptors (Lipinski definition) is 3. The zero-order valence-corrected chi connectivity index (χ0v) is 7.26. The normalized spacial score (nSPS) is 9.75. The summed E-state index contributed by atoms with van der Waals surface area (Å²) < 4.78 is 1.48. The maximum Gasteiger partial charge on any atom is 0.267 e. The lowest BCUT2D eigenvalue weighted by molar-refractivity contribution is 0.0992. The van der Waals surface area contributed by atoms with Gasteiger partial charge in [0.25, 0.3) is 5.91 Å². The summed E-state index contributed by atoms with van der Waals surface area (Å²) in [6, 6.07) is 0. The molecule has 0 saturated heterocycles. The van der Waals surface area contributed by atoms with Gasteiger partial charge in [-0.25, -0.2) is 4.98 Å². The predicted octanol–water partition coefficient (Wildman–Crippen LogP) is -0.847. The van der Waals surface area contributed by atoms with E-state index in [1.807, 2.05) is 0 Å². The molecule has 0 fully saturated rings. The molecule has 6 heteroatoms. The van der Waals surface area contributed by atoms with Gasteiger partial charge in [-0.1, -0.05) is 12.2 Å². The van der Waals surface area contributed by atoms with Gasteiger partial charge in [0, 0.05) is 7.05 Å². The first-order valence-electron chi connectivity index (χ1n) is 3.15. The summed E-state index contributed by atoms with van der Waals surface area (Å²) in [5.41, 5.74) is 10.9. The van der Waals surface area contributed by atoms with Crippen LogP contribution in [0.4, 0.5) is 0 Å². The Morgan fingerprint density at radius 2 is 2.25 bits per heavy atom. The maximum absolute atomic E-state index is 10.9. The number of aromatic nitrogens is 2. The van der Waals surface area contributed by atoms with Crippen molar-refractivity contribution >= 4 is 23.1 Å². The molecule has 0 atom stereocenters. The fourth-order valence-corrected chi connectivity index (χ4v) is 1.05. The topological polar surface area (TPSA) is 86.9 Å². The fourth-order valence-electron chi connectivity index (χ4n) is 0.901. The van der Waals surface area contributed by atoms with Crippen molar-refractivity contribution < 1.29 is 4.79 Å². The van der Waals surface area contributed by atoms with Crippen molar-refractivity contribution in [1.82, 2.24) is 9.55 Å². The number of thiocarbonyl (C=S) groups is 1. The smallest absolute Gasteiger partial charge is 0.267 e. The molecule has 0 aliphatic heterocycles. The Balaban J connectivity index is 3.31. The standard InChI is InChI=1S/C6H8N4OS/c1-10-2-9-3(6(8)12)4(10)5(7)11/h2H,1H3,(H2,7,11)(H2,8,12). The highest BCUT2D eigenvalue weighted by Gasteiger charge is 2.15. The number of amides is 1. The summed E-state index contributed by atoms with van der Waals surface area (Å²) >= 11 is 4.68. The lowest BCUT2D eigenvalue weighted by Crippen LogP contribution is -2.21. The molecule has 0 spiro atoms. The van der Waals surface area contributed by atoms with E-state index < -0.39 is 5.91 Å². The summed E-state index contributed by atoms with van der Waals surface area (Å²) in [6.45, 7) is 0. The molecular weight excluding hydrogens is 176 g/mol. The number of carbonyl (C=O) groups is 1. The van der Waals surface area contributed by atoms with Crippen LogP contribution in [0.2, 0.25) is 0 Å². The summed E-state index contributed by atoms with van der Waals surface area (Å²) in [6.07, 6.45) is 1.44. The van der Waals surface area contributed by atoms with Crippen LogP contribution in [-0.2, 0) is 7.05 Å². The molecule has 0 aliphatic carbocycles. The van der Waals surface area contributed by atoms with Crippen molar-refractivity contribution in [2.75, 3.05) is 0 Å². The lowest BCUT2D eigenvalue weighted by Gasteiger charge is -1.98. The van der Waals surface area contributed by atoms with Crippen LogP contribution in [0.1, 0.15) is 16.2 Å². The molecular formula is C6H8N4OS. The van der Waals surface area contributed by atoms with Crippen molar-refractivity contribution in [2.24, 2.45) is 18.5 Å². The molecule has 64 valence electrons. The van der Waals surface area contributed by atoms with Gasteiger partial charge in [0.2, 0.25) is 0 Å². The van der Waals surface area contributed by atoms with Crippen LogP contribution in [0.3, 0.4) is 0 Å². The molecule has 1 amide bonds. The van der Waals surface area contributed by atoms with Crippen LogP contribution in [0.25, 0.3) is 0 Å². The van der Waals surface area contributed by atoms with Crippen LogP contribution in [0.15, 0.2) is 6.33 Å². The summed E-state index contributed by atoms with van der Waals surface area (Å²) in [5.74, 6) is -0.585. The first-order chi connectivity index (χ1) is 5.54. The Kier molecular flexibility index (Phi) is 2.09. The highest BCUT2D eigenvalue weighted by molar-refractivity contribution is 7.80. The number of primary amides is 1. The van der Waals surface area contributed by atoms with Crippen LogP contribution in [-0.4, -0.2) is 20.4 Å². The van der Waals surface area contributed by atoms with Gasteiger partial charge < -0.3 is 16.0 Å². The molecule has 1 rings (SSSR count). The SMILES string of the molecule is Cn1cnc(C(N)=S)c1C(N)=O. The quantitative estimate of drug-likeness (QED) is 0.586. The number of imidazole rings is 1. The Hall–Kier alpha value is -1.43. The molecule has 0 aliphatic rings. The fraction of sp³-hybridized carbons (Fsp3) is 0.167. The third-order valence-corrected chi connectivity index (χ3v) is 1.60. The molecule has 1 aromatic heterocycles. The summed E-state index contributed by atoms with van der Waals surface area (Å²) in [7, 11) is 1.65. The van der Waals surface area contributed by atoms with Crippen LogP contribution < -0.4 is 11.5 Å². The van der Waals surface area contributed by atoms with E-state index in [0.29, 0.717) is 0 Å². The molecule has 0 radical (unpaired) electrons. The average molecular weight is 184 g/mol. The largest absolute Gasteiger partial charge is 0.388 e. The molecule has 0 bridgehead atoms. The van der Waals surface area contributed by atoms with Crippen molar-refractivity contribution in [3.63, 3.8) is 0 Å². The predicted molar refractivity (Wildman–Crippen MR) is 47.6 cm³/mol. The van der Waals surface area contributed by atoms with Gasteiger partial charge in [-0.3, -0.25) is 4.79 Å². The highest BCUT2D eigenvalue weighted by Crippen LogP contribution is 2.04. The van der Waals surface area contributed by atoms with Crippen LogP contribution >= 0.6 is 12.2 Å². The molecule has 1 aromatic rings. The molecule has 1 heterocycles. The van der Waals surface area contributed by atoms with E-state index in [0.717, 1.165) is 0 Å². The molecule has 0 saturated carbocycles. The van der Waals surface area contributed by atoms with Crippen molar-refractivity contribution in [3.05, 3.63) is 17.7 Å². The first-order valence-corrected chi connectivity index (χ1v) is 3.55. The van der Waals surface area contributed by atoms with Crippen LogP contribution in [0, 0.1) is 0 Å². The third kappa shape index (κ3) is 1.28. The first kappa shape index (κ1) is 8.66. The van der Waals surface area contributed by atoms with Crippen molar-refractivity contribution in [2.45, 2.75) is 0 Å². The number of nitrogens with zero attached hydrogens (tertiary/aromatic N) is 2. The number of hydrogen-bond donors (Lipinski definition) is 2. The summed E-state index contributed by atoms with van der Waals surface area (Å²) in [4.78, 5) is 14.8. The van der Waals surface area contributed by atoms with Gasteiger partial charge in [0.1, 0.15) is 16.4 Å². The van der Waals surface area contributed by atoms with Gasteiger partial charge in [0.15, 0.2) is 0 Å².